The van der Waals surface area contributed by atoms with Crippen LogP contribution in [0.4, 0.5) is 0 Å². The summed E-state index contributed by atoms with van der Waals surface area (Å²) in [4.78, 5) is 4.25. The standard InChI is InChI=1S/C8H8N2O2S/c9-13(11,12)7-2-1-6-3-4-10-8(6)5-7/h1-4H,5H2,(H2,9,11,12). The number of hydrogen-bond donors (Lipinski definition) is 1. The zero-order chi connectivity index (χ0) is 9.47. The molecular weight excluding hydrogens is 188 g/mol. The van der Waals surface area contributed by atoms with Gasteiger partial charge >= 0.3 is 0 Å². The summed E-state index contributed by atoms with van der Waals surface area (Å²) < 4.78 is 22.0. The zero-order valence-electron chi connectivity index (χ0n) is 6.77. The molecule has 0 aromatic carbocycles. The van der Waals surface area contributed by atoms with Crippen LogP contribution in [0.2, 0.25) is 0 Å². The predicted octanol–water partition coefficient (Wildman–Crippen LogP) is 0.457. The molecule has 0 unspecified atom stereocenters. The van der Waals surface area contributed by atoms with E-state index in [-0.39, 0.29) is 4.91 Å². The molecule has 1 heterocycles. The second-order valence-electron chi connectivity index (χ2n) is 2.87. The third-order valence-electron chi connectivity index (χ3n) is 1.97. The van der Waals surface area contributed by atoms with Gasteiger partial charge in [0.25, 0.3) is 0 Å². The van der Waals surface area contributed by atoms with Gasteiger partial charge in [0.1, 0.15) is 0 Å². The number of fused-ring (bicyclic) bond motifs is 1. The van der Waals surface area contributed by atoms with Gasteiger partial charge in [-0.15, -0.1) is 0 Å². The van der Waals surface area contributed by atoms with Gasteiger partial charge in [0.2, 0.25) is 10.0 Å². The minimum Gasteiger partial charge on any atom is -0.260 e. The Morgan fingerprint density at radius 3 is 2.85 bits per heavy atom. The molecule has 0 saturated carbocycles. The molecule has 68 valence electrons. The van der Waals surface area contributed by atoms with Crippen LogP contribution in [0, 0.1) is 0 Å². The smallest absolute Gasteiger partial charge is 0.234 e. The van der Waals surface area contributed by atoms with Gasteiger partial charge in [-0.1, -0.05) is 6.08 Å². The van der Waals surface area contributed by atoms with E-state index in [4.69, 9.17) is 5.14 Å². The monoisotopic (exact) mass is 196 g/mol. The maximum atomic E-state index is 11.0. The Labute approximate surface area is 76.2 Å². The van der Waals surface area contributed by atoms with Gasteiger partial charge < -0.3 is 0 Å². The Hall–Kier alpha value is -1.20. The minimum atomic E-state index is -3.56. The molecule has 0 bridgehead atoms. The molecule has 0 saturated heterocycles. The maximum absolute atomic E-state index is 11.0. The molecule has 2 rings (SSSR count). The molecule has 0 radical (unpaired) electrons. The van der Waals surface area contributed by atoms with E-state index in [9.17, 15) is 8.42 Å². The van der Waals surface area contributed by atoms with Gasteiger partial charge in [0.15, 0.2) is 0 Å². The number of aliphatic imine (C=N–C) groups is 1. The molecule has 0 aromatic heterocycles. The third kappa shape index (κ3) is 1.48. The van der Waals surface area contributed by atoms with Crippen molar-refractivity contribution in [2.75, 3.05) is 0 Å². The van der Waals surface area contributed by atoms with Gasteiger partial charge in [-0.25, -0.2) is 13.6 Å². The van der Waals surface area contributed by atoms with Crippen LogP contribution in [0.15, 0.2) is 39.9 Å². The molecule has 4 nitrogen and oxygen atoms in total. The molecule has 0 fully saturated rings. The van der Waals surface area contributed by atoms with E-state index in [2.05, 4.69) is 4.99 Å². The van der Waals surface area contributed by atoms with Crippen molar-refractivity contribution in [2.45, 2.75) is 6.42 Å². The van der Waals surface area contributed by atoms with Crippen LogP contribution in [-0.2, 0) is 10.0 Å². The molecule has 0 amide bonds. The number of nitrogens with zero attached hydrogens (tertiary/aromatic N) is 1. The van der Waals surface area contributed by atoms with E-state index in [0.717, 1.165) is 11.3 Å². The van der Waals surface area contributed by atoms with E-state index in [1.165, 1.54) is 6.08 Å². The number of nitrogens with two attached hydrogens (primary N) is 1. The largest absolute Gasteiger partial charge is 0.260 e. The van der Waals surface area contributed by atoms with Gasteiger partial charge in [0.05, 0.1) is 10.6 Å². The zero-order valence-corrected chi connectivity index (χ0v) is 7.58. The van der Waals surface area contributed by atoms with Crippen LogP contribution in [0.1, 0.15) is 6.42 Å². The number of allylic oxidation sites excluding steroid dienone is 5. The van der Waals surface area contributed by atoms with Gasteiger partial charge in [0, 0.05) is 12.6 Å². The maximum Gasteiger partial charge on any atom is 0.234 e. The summed E-state index contributed by atoms with van der Waals surface area (Å²) in [7, 11) is -3.56. The average Bonchev–Trinajstić information content (AvgIpc) is 2.47. The molecule has 0 atom stereocenters. The van der Waals surface area contributed by atoms with Crippen molar-refractivity contribution in [3.8, 4) is 0 Å². The van der Waals surface area contributed by atoms with Crippen LogP contribution in [0.5, 0.6) is 0 Å². The highest BCUT2D eigenvalue weighted by molar-refractivity contribution is 7.93. The van der Waals surface area contributed by atoms with E-state index in [1.54, 1.807) is 12.3 Å². The van der Waals surface area contributed by atoms with E-state index >= 15 is 0 Å². The highest BCUT2D eigenvalue weighted by Gasteiger charge is 2.20. The lowest BCUT2D eigenvalue weighted by Crippen LogP contribution is -2.19. The summed E-state index contributed by atoms with van der Waals surface area (Å²) in [5.41, 5.74) is 1.74. The Balaban J connectivity index is 2.42. The second kappa shape index (κ2) is 2.65. The summed E-state index contributed by atoms with van der Waals surface area (Å²) in [6.45, 7) is 0. The van der Waals surface area contributed by atoms with Crippen LogP contribution < -0.4 is 5.14 Å². The Kier molecular flexibility index (Phi) is 1.71. The van der Waals surface area contributed by atoms with Gasteiger partial charge in [-0.2, -0.15) is 0 Å². The minimum absolute atomic E-state index is 0.221. The average molecular weight is 196 g/mol. The number of primary sulfonamides is 1. The molecule has 2 N–H and O–H groups in total. The van der Waals surface area contributed by atoms with E-state index < -0.39 is 10.0 Å². The molecular formula is C8H8N2O2S. The number of hydrogen-bond acceptors (Lipinski definition) is 3. The number of rotatable bonds is 1. The van der Waals surface area contributed by atoms with Crippen molar-refractivity contribution in [1.82, 2.24) is 0 Å². The van der Waals surface area contributed by atoms with Crippen molar-refractivity contribution in [1.29, 1.82) is 0 Å². The highest BCUT2D eigenvalue weighted by Crippen LogP contribution is 2.23. The molecule has 5 heteroatoms. The van der Waals surface area contributed by atoms with Gasteiger partial charge in [-0.3, -0.25) is 4.99 Å². The highest BCUT2D eigenvalue weighted by atomic mass is 32.2. The first-order valence-corrected chi connectivity index (χ1v) is 5.29. The first kappa shape index (κ1) is 8.40. The number of sulfonamides is 1. The van der Waals surface area contributed by atoms with Crippen molar-refractivity contribution in [3.05, 3.63) is 34.9 Å². The van der Waals surface area contributed by atoms with Crippen LogP contribution in [0.3, 0.4) is 0 Å². The SMILES string of the molecule is NS(=O)(=O)C1=CC=C2C=CN=C2C1. The molecule has 0 spiro atoms. The van der Waals surface area contributed by atoms with Crippen molar-refractivity contribution >= 4 is 15.7 Å². The molecule has 0 aromatic rings. The fourth-order valence-electron chi connectivity index (χ4n) is 1.28. The van der Waals surface area contributed by atoms with Crippen molar-refractivity contribution < 1.29 is 8.42 Å². The topological polar surface area (TPSA) is 72.5 Å². The van der Waals surface area contributed by atoms with Crippen LogP contribution in [-0.4, -0.2) is 14.1 Å². The molecule has 2 aliphatic rings. The fourth-order valence-corrected chi connectivity index (χ4v) is 1.88. The first-order valence-electron chi connectivity index (χ1n) is 3.74. The van der Waals surface area contributed by atoms with Crippen LogP contribution in [0.25, 0.3) is 0 Å². The third-order valence-corrected chi connectivity index (χ3v) is 2.98. The van der Waals surface area contributed by atoms with E-state index in [0.29, 0.717) is 6.42 Å². The lowest BCUT2D eigenvalue weighted by Gasteiger charge is -2.09. The summed E-state index contributed by atoms with van der Waals surface area (Å²) in [6, 6.07) is 0. The predicted molar refractivity (Wildman–Crippen MR) is 50.5 cm³/mol. The summed E-state index contributed by atoms with van der Waals surface area (Å²) in [5, 5.41) is 4.99. The van der Waals surface area contributed by atoms with E-state index in [1.807, 2.05) is 6.08 Å². The summed E-state index contributed by atoms with van der Waals surface area (Å²) >= 11 is 0. The molecule has 1 aliphatic heterocycles. The Bertz CT molecular complexity index is 466. The second-order valence-corrected chi connectivity index (χ2v) is 4.48. The van der Waals surface area contributed by atoms with Crippen LogP contribution >= 0.6 is 0 Å². The molecule has 1 aliphatic carbocycles. The first-order chi connectivity index (χ1) is 6.07. The van der Waals surface area contributed by atoms with Crippen molar-refractivity contribution in [2.24, 2.45) is 10.1 Å². The molecule has 13 heavy (non-hydrogen) atoms. The van der Waals surface area contributed by atoms with Crippen molar-refractivity contribution in [3.63, 3.8) is 0 Å². The fraction of sp³-hybridized carbons (Fsp3) is 0.125. The van der Waals surface area contributed by atoms with Gasteiger partial charge in [-0.05, 0) is 17.7 Å². The summed E-state index contributed by atoms with van der Waals surface area (Å²) in [5.74, 6) is 0. The summed E-state index contributed by atoms with van der Waals surface area (Å²) in [6.07, 6.45) is 7.04. The normalized spacial score (nSPS) is 20.5. The lowest BCUT2D eigenvalue weighted by molar-refractivity contribution is 0.603. The quantitative estimate of drug-likeness (QED) is 0.661. The lowest BCUT2D eigenvalue weighted by atomic mass is 10.0. The Morgan fingerprint density at radius 2 is 2.15 bits per heavy atom. The Morgan fingerprint density at radius 1 is 1.38 bits per heavy atom.